The largest absolute Gasteiger partial charge is 0.390 e. The number of nitrogens with zero attached hydrogens (tertiary/aromatic N) is 3. The van der Waals surface area contributed by atoms with E-state index >= 15 is 0 Å². The Labute approximate surface area is 91.5 Å². The van der Waals surface area contributed by atoms with Crippen LogP contribution in [0.5, 0.6) is 0 Å². The highest BCUT2D eigenvalue weighted by atomic mass is 16.3. The average Bonchev–Trinajstić information content (AvgIpc) is 2.73. The predicted molar refractivity (Wildman–Crippen MR) is 60.6 cm³/mol. The van der Waals surface area contributed by atoms with E-state index in [-0.39, 0.29) is 6.61 Å². The second kappa shape index (κ2) is 5.88. The molecular weight excluding hydrogens is 190 g/mol. The molecule has 86 valence electrons. The van der Waals surface area contributed by atoms with Gasteiger partial charge in [0.1, 0.15) is 0 Å². The molecule has 1 rings (SSSR count). The van der Waals surface area contributed by atoms with Gasteiger partial charge in [-0.1, -0.05) is 13.8 Å². The smallest absolute Gasteiger partial charge is 0.0951 e. The fourth-order valence-corrected chi connectivity index (χ4v) is 1.79. The Kier molecular flexibility index (Phi) is 4.78. The molecule has 0 amide bonds. The van der Waals surface area contributed by atoms with Crippen LogP contribution in [0.1, 0.15) is 32.5 Å². The van der Waals surface area contributed by atoms with Crippen LogP contribution < -0.4 is 0 Å². The van der Waals surface area contributed by atoms with Crippen molar-refractivity contribution >= 4 is 0 Å². The van der Waals surface area contributed by atoms with Gasteiger partial charge in [0.05, 0.1) is 24.8 Å². The Morgan fingerprint density at radius 2 is 2.13 bits per heavy atom. The molecule has 0 aliphatic carbocycles. The summed E-state index contributed by atoms with van der Waals surface area (Å²) in [4.78, 5) is 6.42. The van der Waals surface area contributed by atoms with Crippen molar-refractivity contribution < 1.29 is 5.11 Å². The third kappa shape index (κ3) is 3.04. The van der Waals surface area contributed by atoms with Crippen molar-refractivity contribution in [3.05, 3.63) is 18.2 Å². The van der Waals surface area contributed by atoms with Gasteiger partial charge in [0, 0.05) is 12.6 Å². The zero-order valence-corrected chi connectivity index (χ0v) is 9.85. The van der Waals surface area contributed by atoms with E-state index in [9.17, 15) is 0 Å². The lowest BCUT2D eigenvalue weighted by atomic mass is 10.3. The summed E-state index contributed by atoms with van der Waals surface area (Å²) in [5, 5.41) is 9.13. The summed E-state index contributed by atoms with van der Waals surface area (Å²) in [5.74, 6) is 0. The number of rotatable bonds is 6. The number of hydrogen-bond donors (Lipinski definition) is 1. The fraction of sp³-hybridized carbons (Fsp3) is 0.727. The zero-order chi connectivity index (χ0) is 11.3. The first-order valence-corrected chi connectivity index (χ1v) is 5.56. The molecule has 1 aromatic rings. The van der Waals surface area contributed by atoms with E-state index in [1.54, 1.807) is 12.5 Å². The van der Waals surface area contributed by atoms with E-state index < -0.39 is 0 Å². The molecule has 0 radical (unpaired) electrons. The Morgan fingerprint density at radius 3 is 2.67 bits per heavy atom. The van der Waals surface area contributed by atoms with Crippen molar-refractivity contribution in [2.24, 2.45) is 0 Å². The van der Waals surface area contributed by atoms with Crippen molar-refractivity contribution in [3.63, 3.8) is 0 Å². The van der Waals surface area contributed by atoms with Crippen LogP contribution in [0.4, 0.5) is 0 Å². The van der Waals surface area contributed by atoms with Crippen LogP contribution in [0.3, 0.4) is 0 Å². The first-order valence-electron chi connectivity index (χ1n) is 5.56. The minimum absolute atomic E-state index is 0.0581. The monoisotopic (exact) mass is 211 g/mol. The first kappa shape index (κ1) is 12.2. The van der Waals surface area contributed by atoms with E-state index in [0.29, 0.717) is 6.04 Å². The lowest BCUT2D eigenvalue weighted by Gasteiger charge is -2.24. The van der Waals surface area contributed by atoms with E-state index in [2.05, 4.69) is 30.7 Å². The van der Waals surface area contributed by atoms with Crippen LogP contribution in [0.25, 0.3) is 0 Å². The Bertz CT molecular complexity index is 281. The van der Waals surface area contributed by atoms with Crippen LogP contribution in [0.2, 0.25) is 0 Å². The Balaban J connectivity index is 2.63. The van der Waals surface area contributed by atoms with E-state index in [0.717, 1.165) is 25.3 Å². The molecule has 0 aliphatic rings. The van der Waals surface area contributed by atoms with Gasteiger partial charge in [-0.3, -0.25) is 0 Å². The lowest BCUT2D eigenvalue weighted by molar-refractivity contribution is 0.239. The number of hydrogen-bond acceptors (Lipinski definition) is 3. The average molecular weight is 211 g/mol. The topological polar surface area (TPSA) is 41.3 Å². The lowest BCUT2D eigenvalue weighted by Crippen LogP contribution is -2.29. The highest BCUT2D eigenvalue weighted by Crippen LogP contribution is 2.11. The van der Waals surface area contributed by atoms with Crippen molar-refractivity contribution in [2.45, 2.75) is 33.4 Å². The summed E-state index contributed by atoms with van der Waals surface area (Å²) in [7, 11) is 0. The number of aliphatic hydroxyl groups excluding tert-OH is 1. The molecule has 1 heterocycles. The normalized spacial score (nSPS) is 13.4. The van der Waals surface area contributed by atoms with Crippen molar-refractivity contribution in [3.8, 4) is 0 Å². The second-order valence-electron chi connectivity index (χ2n) is 3.79. The second-order valence-corrected chi connectivity index (χ2v) is 3.79. The molecule has 1 atom stereocenters. The third-order valence-corrected chi connectivity index (χ3v) is 2.80. The Morgan fingerprint density at radius 1 is 1.47 bits per heavy atom. The molecule has 4 nitrogen and oxygen atoms in total. The van der Waals surface area contributed by atoms with Crippen molar-refractivity contribution in [1.29, 1.82) is 0 Å². The molecule has 1 unspecified atom stereocenters. The Hall–Kier alpha value is -0.870. The molecular formula is C11H21N3O. The predicted octanol–water partition coefficient (Wildman–Crippen LogP) is 1.28. The zero-order valence-electron chi connectivity index (χ0n) is 9.85. The molecule has 1 aromatic heterocycles. The minimum atomic E-state index is 0.0581. The number of aliphatic hydroxyl groups is 1. The summed E-state index contributed by atoms with van der Waals surface area (Å²) in [6, 6.07) is 0.356. The van der Waals surface area contributed by atoms with Crippen LogP contribution >= 0.6 is 0 Å². The highest BCUT2D eigenvalue weighted by Gasteiger charge is 2.11. The number of likely N-dealkylation sites (N-methyl/N-ethyl adjacent to an activating group) is 1. The van der Waals surface area contributed by atoms with Gasteiger partial charge < -0.3 is 14.6 Å². The van der Waals surface area contributed by atoms with Gasteiger partial charge in [-0.15, -0.1) is 0 Å². The molecule has 4 heteroatoms. The maximum atomic E-state index is 9.13. The number of imidazole rings is 1. The maximum absolute atomic E-state index is 9.13. The summed E-state index contributed by atoms with van der Waals surface area (Å²) in [6.07, 6.45) is 3.51. The maximum Gasteiger partial charge on any atom is 0.0951 e. The molecule has 0 spiro atoms. The molecule has 15 heavy (non-hydrogen) atoms. The van der Waals surface area contributed by atoms with E-state index in [4.69, 9.17) is 5.11 Å². The van der Waals surface area contributed by atoms with Crippen LogP contribution in [-0.4, -0.2) is 39.2 Å². The third-order valence-electron chi connectivity index (χ3n) is 2.80. The molecule has 0 fully saturated rings. The summed E-state index contributed by atoms with van der Waals surface area (Å²) in [5.41, 5.74) is 0.884. The van der Waals surface area contributed by atoms with Crippen LogP contribution in [0.15, 0.2) is 12.5 Å². The quantitative estimate of drug-likeness (QED) is 0.770. The minimum Gasteiger partial charge on any atom is -0.390 e. The van der Waals surface area contributed by atoms with Gasteiger partial charge in [-0.25, -0.2) is 4.98 Å². The van der Waals surface area contributed by atoms with Gasteiger partial charge in [0.15, 0.2) is 0 Å². The summed E-state index contributed by atoms with van der Waals surface area (Å²) in [6.45, 7) is 9.65. The summed E-state index contributed by atoms with van der Waals surface area (Å²) >= 11 is 0. The van der Waals surface area contributed by atoms with E-state index in [1.165, 1.54) is 0 Å². The van der Waals surface area contributed by atoms with Gasteiger partial charge in [0.25, 0.3) is 0 Å². The molecule has 0 aliphatic heterocycles. The first-order chi connectivity index (χ1) is 7.22. The van der Waals surface area contributed by atoms with Gasteiger partial charge in [0.2, 0.25) is 0 Å². The van der Waals surface area contributed by atoms with Crippen LogP contribution in [-0.2, 0) is 6.61 Å². The molecule has 1 N–H and O–H groups in total. The van der Waals surface area contributed by atoms with Crippen molar-refractivity contribution in [1.82, 2.24) is 14.5 Å². The summed E-state index contributed by atoms with van der Waals surface area (Å²) < 4.78 is 2.04. The SMILES string of the molecule is CCN(CC)CC(C)n1cncc1CO. The van der Waals surface area contributed by atoms with Gasteiger partial charge in [-0.2, -0.15) is 0 Å². The highest BCUT2D eigenvalue weighted by molar-refractivity contribution is 4.98. The van der Waals surface area contributed by atoms with Crippen molar-refractivity contribution in [2.75, 3.05) is 19.6 Å². The molecule has 0 aromatic carbocycles. The van der Waals surface area contributed by atoms with Gasteiger partial charge >= 0.3 is 0 Å². The molecule has 0 saturated heterocycles. The fourth-order valence-electron chi connectivity index (χ4n) is 1.79. The van der Waals surface area contributed by atoms with Crippen LogP contribution in [0, 0.1) is 0 Å². The molecule has 0 bridgehead atoms. The number of aromatic nitrogens is 2. The molecule has 0 saturated carbocycles. The standard InChI is InChI=1S/C11H21N3O/c1-4-13(5-2)7-10(3)14-9-12-6-11(14)8-15/h6,9-10,15H,4-5,7-8H2,1-3H3. The van der Waals surface area contributed by atoms with Gasteiger partial charge in [-0.05, 0) is 20.0 Å². The van der Waals surface area contributed by atoms with E-state index in [1.807, 2.05) is 4.57 Å².